The summed E-state index contributed by atoms with van der Waals surface area (Å²) in [6, 6.07) is 7.94. The molecule has 0 spiro atoms. The number of carbonyl (C=O) groups is 2. The monoisotopic (exact) mass is 285 g/mol. The lowest BCUT2D eigenvalue weighted by Crippen LogP contribution is -2.28. The Morgan fingerprint density at radius 1 is 1.24 bits per heavy atom. The Morgan fingerprint density at radius 3 is 2.90 bits per heavy atom. The van der Waals surface area contributed by atoms with E-state index < -0.39 is 0 Å². The fourth-order valence-corrected chi connectivity index (χ4v) is 2.27. The first-order valence-electron chi connectivity index (χ1n) is 7.37. The van der Waals surface area contributed by atoms with E-state index in [1.54, 1.807) is 0 Å². The van der Waals surface area contributed by atoms with Crippen molar-refractivity contribution in [3.8, 4) is 0 Å². The summed E-state index contributed by atoms with van der Waals surface area (Å²) < 4.78 is 0. The van der Waals surface area contributed by atoms with Crippen LogP contribution in [-0.2, 0) is 4.79 Å². The number of hydrogen-bond acceptors (Lipinski definition) is 2. The van der Waals surface area contributed by atoms with Gasteiger partial charge in [0.1, 0.15) is 0 Å². The molecule has 3 rings (SSSR count). The topological polar surface area (TPSA) is 74.0 Å². The van der Waals surface area contributed by atoms with Gasteiger partial charge in [-0.1, -0.05) is 6.07 Å². The van der Waals surface area contributed by atoms with Crippen molar-refractivity contribution >= 4 is 22.7 Å². The Kier molecular flexibility index (Phi) is 3.90. The van der Waals surface area contributed by atoms with Crippen LogP contribution in [0.2, 0.25) is 0 Å². The van der Waals surface area contributed by atoms with Crippen LogP contribution in [0, 0.1) is 0 Å². The third kappa shape index (κ3) is 3.62. The maximum absolute atomic E-state index is 12.0. The van der Waals surface area contributed by atoms with Crippen LogP contribution in [0.5, 0.6) is 0 Å². The molecule has 1 aromatic heterocycles. The fourth-order valence-electron chi connectivity index (χ4n) is 2.27. The van der Waals surface area contributed by atoms with Crippen LogP contribution in [-0.4, -0.2) is 29.4 Å². The molecule has 2 amide bonds. The van der Waals surface area contributed by atoms with Gasteiger partial charge in [0.25, 0.3) is 5.91 Å². The van der Waals surface area contributed by atoms with Crippen molar-refractivity contribution in [1.82, 2.24) is 15.6 Å². The SMILES string of the molecule is O=C(CCCNC(=O)c1ccc2cc[nH]c2c1)NC1CC1. The molecule has 0 bridgehead atoms. The second kappa shape index (κ2) is 5.99. The molecule has 0 radical (unpaired) electrons. The van der Waals surface area contributed by atoms with Gasteiger partial charge in [-0.2, -0.15) is 0 Å². The van der Waals surface area contributed by atoms with Crippen LogP contribution in [0.3, 0.4) is 0 Å². The molecule has 0 saturated heterocycles. The number of aromatic nitrogens is 1. The lowest BCUT2D eigenvalue weighted by Gasteiger charge is -2.06. The standard InChI is InChI=1S/C16H19N3O2/c20-15(19-13-5-6-13)2-1-8-18-16(21)12-4-3-11-7-9-17-14(11)10-12/h3-4,7,9-10,13,17H,1-2,5-6,8H2,(H,18,21)(H,19,20). The summed E-state index contributed by atoms with van der Waals surface area (Å²) >= 11 is 0. The number of nitrogens with one attached hydrogen (secondary N) is 3. The first-order valence-corrected chi connectivity index (χ1v) is 7.37. The van der Waals surface area contributed by atoms with Crippen LogP contribution >= 0.6 is 0 Å². The quantitative estimate of drug-likeness (QED) is 0.710. The number of benzene rings is 1. The Hall–Kier alpha value is -2.30. The molecule has 2 aromatic rings. The van der Waals surface area contributed by atoms with Crippen molar-refractivity contribution in [2.75, 3.05) is 6.54 Å². The number of H-pyrrole nitrogens is 1. The molecule has 110 valence electrons. The van der Waals surface area contributed by atoms with E-state index >= 15 is 0 Å². The summed E-state index contributed by atoms with van der Waals surface area (Å²) in [5.41, 5.74) is 1.58. The fraction of sp³-hybridized carbons (Fsp3) is 0.375. The Labute approximate surface area is 123 Å². The molecular weight excluding hydrogens is 266 g/mol. The summed E-state index contributed by atoms with van der Waals surface area (Å²) in [7, 11) is 0. The minimum absolute atomic E-state index is 0.0829. The molecule has 0 unspecified atom stereocenters. The molecule has 1 heterocycles. The second-order valence-corrected chi connectivity index (χ2v) is 5.48. The van der Waals surface area contributed by atoms with Gasteiger partial charge in [-0.25, -0.2) is 0 Å². The van der Waals surface area contributed by atoms with Crippen molar-refractivity contribution in [2.45, 2.75) is 31.7 Å². The predicted molar refractivity (Wildman–Crippen MR) is 81.0 cm³/mol. The number of aromatic amines is 1. The first kappa shape index (κ1) is 13.7. The van der Waals surface area contributed by atoms with Crippen LogP contribution < -0.4 is 10.6 Å². The maximum Gasteiger partial charge on any atom is 0.251 e. The highest BCUT2D eigenvalue weighted by Crippen LogP contribution is 2.18. The van der Waals surface area contributed by atoms with Gasteiger partial charge in [-0.15, -0.1) is 0 Å². The number of amides is 2. The van der Waals surface area contributed by atoms with E-state index in [2.05, 4.69) is 15.6 Å². The Bertz CT molecular complexity index is 658. The molecule has 1 aliphatic rings. The van der Waals surface area contributed by atoms with E-state index in [1.807, 2.05) is 30.5 Å². The summed E-state index contributed by atoms with van der Waals surface area (Å²) in [6.07, 6.45) is 5.18. The second-order valence-electron chi connectivity index (χ2n) is 5.48. The zero-order valence-electron chi connectivity index (χ0n) is 11.8. The number of rotatable bonds is 6. The van der Waals surface area contributed by atoms with Crippen molar-refractivity contribution in [3.05, 3.63) is 36.0 Å². The average molecular weight is 285 g/mol. The molecule has 0 atom stereocenters. The third-order valence-corrected chi connectivity index (χ3v) is 3.63. The van der Waals surface area contributed by atoms with Gasteiger partial charge >= 0.3 is 0 Å². The van der Waals surface area contributed by atoms with Crippen LogP contribution in [0.25, 0.3) is 10.9 Å². The van der Waals surface area contributed by atoms with E-state index in [1.165, 1.54) is 0 Å². The molecule has 1 saturated carbocycles. The van der Waals surface area contributed by atoms with E-state index in [4.69, 9.17) is 0 Å². The molecule has 3 N–H and O–H groups in total. The Balaban J connectivity index is 1.43. The van der Waals surface area contributed by atoms with Crippen molar-refractivity contribution in [3.63, 3.8) is 0 Å². The van der Waals surface area contributed by atoms with Crippen LogP contribution in [0.1, 0.15) is 36.0 Å². The Morgan fingerprint density at radius 2 is 2.10 bits per heavy atom. The minimum atomic E-state index is -0.103. The lowest BCUT2D eigenvalue weighted by molar-refractivity contribution is -0.121. The largest absolute Gasteiger partial charge is 0.361 e. The molecule has 1 aromatic carbocycles. The summed E-state index contributed by atoms with van der Waals surface area (Å²) in [5, 5.41) is 6.87. The minimum Gasteiger partial charge on any atom is -0.361 e. The normalized spacial score (nSPS) is 14.1. The van der Waals surface area contributed by atoms with Gasteiger partial charge in [-0.3, -0.25) is 9.59 Å². The molecule has 0 aliphatic heterocycles. The predicted octanol–water partition coefficient (Wildman–Crippen LogP) is 1.96. The van der Waals surface area contributed by atoms with Crippen LogP contribution in [0.15, 0.2) is 30.5 Å². The van der Waals surface area contributed by atoms with Crippen molar-refractivity contribution in [2.24, 2.45) is 0 Å². The summed E-state index contributed by atoms with van der Waals surface area (Å²) in [4.78, 5) is 26.6. The van der Waals surface area contributed by atoms with Gasteiger partial charge in [0.2, 0.25) is 5.91 Å². The molecular formula is C16H19N3O2. The number of hydrogen-bond donors (Lipinski definition) is 3. The number of fused-ring (bicyclic) bond motifs is 1. The highest BCUT2D eigenvalue weighted by molar-refractivity contribution is 5.97. The van der Waals surface area contributed by atoms with Crippen molar-refractivity contribution in [1.29, 1.82) is 0 Å². The highest BCUT2D eigenvalue weighted by Gasteiger charge is 2.22. The zero-order valence-corrected chi connectivity index (χ0v) is 11.8. The zero-order chi connectivity index (χ0) is 14.7. The molecule has 1 fully saturated rings. The highest BCUT2D eigenvalue weighted by atomic mass is 16.2. The molecule has 5 heteroatoms. The van der Waals surface area contributed by atoms with Gasteiger partial charge in [-0.05, 0) is 42.8 Å². The van der Waals surface area contributed by atoms with E-state index in [9.17, 15) is 9.59 Å². The number of carbonyl (C=O) groups excluding carboxylic acids is 2. The molecule has 21 heavy (non-hydrogen) atoms. The smallest absolute Gasteiger partial charge is 0.251 e. The third-order valence-electron chi connectivity index (χ3n) is 3.63. The van der Waals surface area contributed by atoms with E-state index in [0.29, 0.717) is 31.0 Å². The van der Waals surface area contributed by atoms with Gasteiger partial charge in [0.15, 0.2) is 0 Å². The lowest BCUT2D eigenvalue weighted by atomic mass is 10.1. The first-order chi connectivity index (χ1) is 10.2. The van der Waals surface area contributed by atoms with Gasteiger partial charge in [0.05, 0.1) is 0 Å². The van der Waals surface area contributed by atoms with Crippen LogP contribution in [0.4, 0.5) is 0 Å². The van der Waals surface area contributed by atoms with E-state index in [-0.39, 0.29) is 11.8 Å². The molecule has 5 nitrogen and oxygen atoms in total. The maximum atomic E-state index is 12.0. The van der Waals surface area contributed by atoms with Crippen molar-refractivity contribution < 1.29 is 9.59 Å². The molecule has 1 aliphatic carbocycles. The van der Waals surface area contributed by atoms with E-state index in [0.717, 1.165) is 23.7 Å². The van der Waals surface area contributed by atoms with Gasteiger partial charge in [0, 0.05) is 36.3 Å². The summed E-state index contributed by atoms with van der Waals surface area (Å²) in [6.45, 7) is 0.514. The van der Waals surface area contributed by atoms with Gasteiger partial charge < -0.3 is 15.6 Å². The average Bonchev–Trinajstić information content (AvgIpc) is 3.16. The summed E-state index contributed by atoms with van der Waals surface area (Å²) in [5.74, 6) is -0.0198.